The number of nitrogens with one attached hydrogen (secondary N) is 2. The maximum absolute atomic E-state index is 14.9. The topological polar surface area (TPSA) is 100 Å². The van der Waals surface area contributed by atoms with Gasteiger partial charge in [0.05, 0.1) is 31.2 Å². The molecule has 0 unspecified atom stereocenters. The number of nitrogen functional groups attached to an aromatic ring is 1. The van der Waals surface area contributed by atoms with E-state index < -0.39 is 11.6 Å². The van der Waals surface area contributed by atoms with E-state index in [0.717, 1.165) is 36.8 Å². The van der Waals surface area contributed by atoms with Gasteiger partial charge in [0.2, 0.25) is 5.88 Å². The second-order valence-electron chi connectivity index (χ2n) is 7.60. The number of nitrogens with zero attached hydrogens (tertiary/aromatic N) is 3. The molecule has 32 heavy (non-hydrogen) atoms. The molecule has 0 amide bonds. The minimum Gasteiger partial charge on any atom is -0.481 e. The summed E-state index contributed by atoms with van der Waals surface area (Å²) in [5.74, 6) is -1.47. The highest BCUT2D eigenvalue weighted by atomic mass is 19.1. The smallest absolute Gasteiger partial charge is 0.215 e. The van der Waals surface area contributed by atoms with Gasteiger partial charge in [-0.25, -0.2) is 13.8 Å². The second-order valence-corrected chi connectivity index (χ2v) is 7.60. The molecule has 0 aliphatic heterocycles. The lowest BCUT2D eigenvalue weighted by Gasteiger charge is -2.28. The van der Waals surface area contributed by atoms with Crippen LogP contribution in [0.3, 0.4) is 0 Å². The number of amidine groups is 1. The van der Waals surface area contributed by atoms with Gasteiger partial charge >= 0.3 is 0 Å². The number of rotatable bonds is 7. The summed E-state index contributed by atoms with van der Waals surface area (Å²) < 4.78 is 35.0. The van der Waals surface area contributed by atoms with Gasteiger partial charge in [-0.15, -0.1) is 0 Å². The molecule has 9 heteroatoms. The molecular weight excluding hydrogens is 414 g/mol. The first-order chi connectivity index (χ1) is 15.4. The van der Waals surface area contributed by atoms with Gasteiger partial charge in [0.1, 0.15) is 17.5 Å². The summed E-state index contributed by atoms with van der Waals surface area (Å²) in [6.07, 6.45) is 6.55. The van der Waals surface area contributed by atoms with Gasteiger partial charge in [-0.1, -0.05) is 5.57 Å². The summed E-state index contributed by atoms with van der Waals surface area (Å²) in [4.78, 5) is 10.6. The van der Waals surface area contributed by atoms with Crippen molar-refractivity contribution in [2.45, 2.75) is 25.8 Å². The van der Waals surface area contributed by atoms with E-state index in [1.807, 2.05) is 17.2 Å². The number of aromatic nitrogens is 2. The molecular formula is C23H24F2N6O. The molecule has 1 fully saturated rings. The molecule has 0 atom stereocenters. The summed E-state index contributed by atoms with van der Waals surface area (Å²) in [5, 5.41) is 11.3. The van der Waals surface area contributed by atoms with Crippen LogP contribution in [0.25, 0.3) is 11.0 Å². The van der Waals surface area contributed by atoms with E-state index in [0.29, 0.717) is 22.9 Å². The van der Waals surface area contributed by atoms with Crippen molar-refractivity contribution in [1.82, 2.24) is 9.97 Å². The third-order valence-electron chi connectivity index (χ3n) is 5.56. The highest BCUT2D eigenvalue weighted by Gasteiger charge is 2.22. The number of anilines is 2. The summed E-state index contributed by atoms with van der Waals surface area (Å²) in [6.45, 7) is -0.0564. The van der Waals surface area contributed by atoms with Crippen LogP contribution in [0, 0.1) is 17.0 Å². The third kappa shape index (κ3) is 4.05. The van der Waals surface area contributed by atoms with Crippen LogP contribution in [-0.2, 0) is 6.54 Å². The van der Waals surface area contributed by atoms with Crippen molar-refractivity contribution >= 4 is 28.2 Å². The maximum Gasteiger partial charge on any atom is 0.215 e. The quantitative estimate of drug-likeness (QED) is 0.375. The standard InChI is InChI=1S/C23H24F2N6O/c1-28-19-10-29-23-15(6-7-20(30-23)32-2)21(19)31(11-13-4-3-5-13)12-16-17(24)8-14(22(26)27)9-18(16)25/h6-11,28H,3-5,12H2,1-2H3,(H3,26,27). The number of hydrogen-bond donors (Lipinski definition) is 3. The van der Waals surface area contributed by atoms with Crippen molar-refractivity contribution in [3.8, 4) is 5.88 Å². The van der Waals surface area contributed by atoms with E-state index >= 15 is 0 Å². The fourth-order valence-corrected chi connectivity index (χ4v) is 3.65. The lowest BCUT2D eigenvalue weighted by atomic mass is 9.93. The number of methoxy groups -OCH3 is 1. The average Bonchev–Trinajstić information content (AvgIpc) is 2.75. The maximum atomic E-state index is 14.9. The highest BCUT2D eigenvalue weighted by molar-refractivity contribution is 5.97. The van der Waals surface area contributed by atoms with Gasteiger partial charge in [0.25, 0.3) is 0 Å². The fraction of sp³-hybridized carbons (Fsp3) is 0.261. The summed E-state index contributed by atoms with van der Waals surface area (Å²) >= 11 is 0. The molecule has 7 nitrogen and oxygen atoms in total. The number of fused-ring (bicyclic) bond motifs is 1. The Hall–Kier alpha value is -3.75. The zero-order valence-electron chi connectivity index (χ0n) is 17.9. The fourth-order valence-electron chi connectivity index (χ4n) is 3.65. The SMILES string of the molecule is CNc1cnc2nc(OC)ccc2c1N(C=C1CCC1)Cc1c(F)cc(C(=N)N)cc1F. The Kier molecular flexibility index (Phi) is 5.89. The van der Waals surface area contributed by atoms with Crippen molar-refractivity contribution in [3.05, 3.63) is 65.0 Å². The minimum absolute atomic E-state index is 0.00853. The van der Waals surface area contributed by atoms with Crippen molar-refractivity contribution < 1.29 is 13.5 Å². The molecule has 2 aromatic heterocycles. The van der Waals surface area contributed by atoms with Crippen LogP contribution in [0.2, 0.25) is 0 Å². The molecule has 0 bridgehead atoms. The predicted molar refractivity (Wildman–Crippen MR) is 121 cm³/mol. The summed E-state index contributed by atoms with van der Waals surface area (Å²) in [5.41, 5.74) is 8.37. The Morgan fingerprint density at radius 1 is 1.28 bits per heavy atom. The Morgan fingerprint density at radius 3 is 2.56 bits per heavy atom. The molecule has 0 spiro atoms. The molecule has 3 aromatic rings. The lowest BCUT2D eigenvalue weighted by molar-refractivity contribution is 0.399. The van der Waals surface area contributed by atoms with Crippen LogP contribution in [0.4, 0.5) is 20.2 Å². The number of hydrogen-bond acceptors (Lipinski definition) is 6. The van der Waals surface area contributed by atoms with Crippen LogP contribution in [0.1, 0.15) is 30.4 Å². The zero-order chi connectivity index (χ0) is 22.8. The molecule has 2 heterocycles. The lowest BCUT2D eigenvalue weighted by Crippen LogP contribution is -2.22. The van der Waals surface area contributed by atoms with E-state index in [1.54, 1.807) is 19.3 Å². The second kappa shape index (κ2) is 8.78. The first-order valence-electron chi connectivity index (χ1n) is 10.2. The normalized spacial score (nSPS) is 12.9. The van der Waals surface area contributed by atoms with Gasteiger partial charge in [0.15, 0.2) is 5.65 Å². The van der Waals surface area contributed by atoms with E-state index in [9.17, 15) is 8.78 Å². The number of benzene rings is 1. The van der Waals surface area contributed by atoms with E-state index in [-0.39, 0.29) is 23.5 Å². The molecule has 0 radical (unpaired) electrons. The highest BCUT2D eigenvalue weighted by Crippen LogP contribution is 2.37. The first kappa shape index (κ1) is 21.5. The Morgan fingerprint density at radius 2 is 2.00 bits per heavy atom. The largest absolute Gasteiger partial charge is 0.481 e. The first-order valence-corrected chi connectivity index (χ1v) is 10.2. The van der Waals surface area contributed by atoms with Crippen molar-refractivity contribution in [1.29, 1.82) is 5.41 Å². The molecule has 166 valence electrons. The predicted octanol–water partition coefficient (Wildman–Crippen LogP) is 4.32. The molecule has 4 rings (SSSR count). The third-order valence-corrected chi connectivity index (χ3v) is 5.56. The number of pyridine rings is 2. The molecule has 0 saturated heterocycles. The van der Waals surface area contributed by atoms with Gasteiger partial charge in [-0.2, -0.15) is 4.98 Å². The molecule has 1 aliphatic rings. The van der Waals surface area contributed by atoms with E-state index in [4.69, 9.17) is 15.9 Å². The molecule has 4 N–H and O–H groups in total. The van der Waals surface area contributed by atoms with Crippen LogP contribution in [0.15, 0.2) is 42.2 Å². The molecule has 1 aromatic carbocycles. The van der Waals surface area contributed by atoms with Gasteiger partial charge in [-0.3, -0.25) is 5.41 Å². The number of allylic oxidation sites excluding steroid dienone is 1. The Balaban J connectivity index is 1.87. The van der Waals surface area contributed by atoms with Crippen LogP contribution in [0.5, 0.6) is 5.88 Å². The molecule has 1 aliphatic carbocycles. The summed E-state index contributed by atoms with van der Waals surface area (Å²) in [7, 11) is 3.29. The zero-order valence-corrected chi connectivity index (χ0v) is 17.9. The van der Waals surface area contributed by atoms with Gasteiger partial charge in [0, 0.05) is 35.8 Å². The van der Waals surface area contributed by atoms with E-state index in [1.165, 1.54) is 12.7 Å². The average molecular weight is 438 g/mol. The summed E-state index contributed by atoms with van der Waals surface area (Å²) in [6, 6.07) is 5.74. The van der Waals surface area contributed by atoms with Crippen LogP contribution in [-0.4, -0.2) is 30.0 Å². The monoisotopic (exact) mass is 438 g/mol. The van der Waals surface area contributed by atoms with Crippen molar-refractivity contribution in [3.63, 3.8) is 0 Å². The Labute approximate surface area is 184 Å². The van der Waals surface area contributed by atoms with E-state index in [2.05, 4.69) is 15.3 Å². The van der Waals surface area contributed by atoms with Crippen LogP contribution >= 0.6 is 0 Å². The minimum atomic E-state index is -0.753. The van der Waals surface area contributed by atoms with Gasteiger partial charge < -0.3 is 20.7 Å². The van der Waals surface area contributed by atoms with Crippen molar-refractivity contribution in [2.24, 2.45) is 5.73 Å². The molecule has 1 saturated carbocycles. The number of halogens is 2. The van der Waals surface area contributed by atoms with Crippen LogP contribution < -0.4 is 20.7 Å². The van der Waals surface area contributed by atoms with Crippen molar-refractivity contribution in [2.75, 3.05) is 24.4 Å². The number of nitrogens with two attached hydrogens (primary N) is 1. The van der Waals surface area contributed by atoms with Gasteiger partial charge in [-0.05, 0) is 37.5 Å². The number of ether oxygens (including phenoxy) is 1. The Bertz CT molecular complexity index is 1200.